The zero-order chi connectivity index (χ0) is 14.8. The van der Waals surface area contributed by atoms with Gasteiger partial charge in [-0.15, -0.1) is 0 Å². The molecule has 1 aromatic heterocycles. The molecule has 0 saturated carbocycles. The highest BCUT2D eigenvalue weighted by Gasteiger charge is 2.17. The third-order valence-corrected chi connectivity index (χ3v) is 3.63. The van der Waals surface area contributed by atoms with Crippen molar-refractivity contribution in [2.24, 2.45) is 0 Å². The van der Waals surface area contributed by atoms with E-state index < -0.39 is 0 Å². The summed E-state index contributed by atoms with van der Waals surface area (Å²) in [5, 5.41) is 0. The molecule has 0 spiro atoms. The Morgan fingerprint density at radius 3 is 2.38 bits per heavy atom. The number of imidazole rings is 1. The van der Waals surface area contributed by atoms with E-state index in [4.69, 9.17) is 11.6 Å². The second-order valence-electron chi connectivity index (χ2n) is 4.92. The lowest BCUT2D eigenvalue weighted by molar-refractivity contribution is 1.02. The van der Waals surface area contributed by atoms with E-state index in [1.54, 1.807) is 0 Å². The largest absolute Gasteiger partial charge is 0.382 e. The topological polar surface area (TPSA) is 69.9 Å². The van der Waals surface area contributed by atoms with Crippen molar-refractivity contribution in [1.29, 1.82) is 0 Å². The Morgan fingerprint density at radius 2 is 1.67 bits per heavy atom. The maximum atomic E-state index is 6.17. The standard InChI is InChI=1S/C17H18N4/c1-2-12-8-6-7-11-14(12)15-16(18)21(19)17(20-15)13-9-4-3-5-10-13/h3-11H,2,18-19H2,1H3. The number of nitrogen functional groups attached to an aromatic ring is 2. The van der Waals surface area contributed by atoms with Gasteiger partial charge >= 0.3 is 0 Å². The van der Waals surface area contributed by atoms with Gasteiger partial charge in [0.2, 0.25) is 0 Å². The maximum Gasteiger partial charge on any atom is 0.160 e. The van der Waals surface area contributed by atoms with E-state index in [0.717, 1.165) is 23.2 Å². The summed E-state index contributed by atoms with van der Waals surface area (Å²) in [4.78, 5) is 4.67. The molecule has 21 heavy (non-hydrogen) atoms. The fourth-order valence-electron chi connectivity index (χ4n) is 2.49. The highest BCUT2D eigenvalue weighted by atomic mass is 15.4. The Hall–Kier alpha value is -2.75. The van der Waals surface area contributed by atoms with Crippen molar-refractivity contribution in [2.45, 2.75) is 13.3 Å². The predicted molar refractivity (Wildman–Crippen MR) is 87.0 cm³/mol. The van der Waals surface area contributed by atoms with Gasteiger partial charge in [0, 0.05) is 11.1 Å². The molecule has 4 N–H and O–H groups in total. The van der Waals surface area contributed by atoms with Gasteiger partial charge in [-0.05, 0) is 12.0 Å². The molecule has 0 atom stereocenters. The van der Waals surface area contributed by atoms with E-state index in [1.807, 2.05) is 48.5 Å². The summed E-state index contributed by atoms with van der Waals surface area (Å²) in [6.07, 6.45) is 0.924. The van der Waals surface area contributed by atoms with Crippen LogP contribution in [0.25, 0.3) is 22.6 Å². The molecule has 106 valence electrons. The van der Waals surface area contributed by atoms with Crippen LogP contribution in [-0.2, 0) is 6.42 Å². The van der Waals surface area contributed by atoms with E-state index in [1.165, 1.54) is 10.2 Å². The number of nitrogens with zero attached hydrogens (tertiary/aromatic N) is 2. The van der Waals surface area contributed by atoms with Crippen LogP contribution in [0.1, 0.15) is 12.5 Å². The molecule has 0 aliphatic rings. The number of nitrogens with two attached hydrogens (primary N) is 2. The number of hydrogen-bond donors (Lipinski definition) is 2. The molecule has 3 aromatic rings. The van der Waals surface area contributed by atoms with Crippen LogP contribution < -0.4 is 11.6 Å². The van der Waals surface area contributed by atoms with Gasteiger partial charge in [-0.2, -0.15) is 0 Å². The zero-order valence-corrected chi connectivity index (χ0v) is 12.0. The minimum Gasteiger partial charge on any atom is -0.382 e. The van der Waals surface area contributed by atoms with E-state index in [-0.39, 0.29) is 0 Å². The summed E-state index contributed by atoms with van der Waals surface area (Å²) in [7, 11) is 0. The van der Waals surface area contributed by atoms with Crippen molar-refractivity contribution in [2.75, 3.05) is 11.6 Å². The average molecular weight is 278 g/mol. The van der Waals surface area contributed by atoms with Gasteiger partial charge in [0.05, 0.1) is 0 Å². The Kier molecular flexibility index (Phi) is 3.36. The van der Waals surface area contributed by atoms with Gasteiger partial charge in [0.1, 0.15) is 5.69 Å². The summed E-state index contributed by atoms with van der Waals surface area (Å²) >= 11 is 0. The van der Waals surface area contributed by atoms with E-state index in [9.17, 15) is 0 Å². The van der Waals surface area contributed by atoms with Crippen LogP contribution in [0.15, 0.2) is 54.6 Å². The van der Waals surface area contributed by atoms with Crippen LogP contribution in [0.2, 0.25) is 0 Å². The molecule has 2 aromatic carbocycles. The Balaban J connectivity index is 2.18. The fraction of sp³-hybridized carbons (Fsp3) is 0.118. The quantitative estimate of drug-likeness (QED) is 0.723. The fourth-order valence-corrected chi connectivity index (χ4v) is 2.49. The Labute approximate surface area is 124 Å². The van der Waals surface area contributed by atoms with Gasteiger partial charge < -0.3 is 11.6 Å². The van der Waals surface area contributed by atoms with Crippen LogP contribution in [0, 0.1) is 0 Å². The zero-order valence-electron chi connectivity index (χ0n) is 12.0. The minimum absolute atomic E-state index is 0.481. The molecular weight excluding hydrogens is 260 g/mol. The normalized spacial score (nSPS) is 10.7. The molecule has 0 amide bonds. The lowest BCUT2D eigenvalue weighted by atomic mass is 10.0. The third-order valence-electron chi connectivity index (χ3n) is 3.63. The first kappa shape index (κ1) is 13.2. The van der Waals surface area contributed by atoms with Crippen LogP contribution in [0.3, 0.4) is 0 Å². The van der Waals surface area contributed by atoms with E-state index >= 15 is 0 Å². The molecule has 3 rings (SSSR count). The van der Waals surface area contributed by atoms with E-state index in [2.05, 4.69) is 18.0 Å². The summed E-state index contributed by atoms with van der Waals surface area (Å²) in [6.45, 7) is 2.12. The first-order valence-electron chi connectivity index (χ1n) is 6.99. The summed E-state index contributed by atoms with van der Waals surface area (Å²) in [5.74, 6) is 7.25. The lowest BCUT2D eigenvalue weighted by Crippen LogP contribution is -2.13. The second kappa shape index (κ2) is 5.32. The van der Waals surface area contributed by atoms with E-state index in [0.29, 0.717) is 11.6 Å². The number of rotatable bonds is 3. The molecule has 4 heteroatoms. The molecule has 0 radical (unpaired) electrons. The van der Waals surface area contributed by atoms with Gasteiger partial charge in [-0.25, -0.2) is 9.66 Å². The number of aryl methyl sites for hydroxylation is 1. The predicted octanol–water partition coefficient (Wildman–Crippen LogP) is 3.08. The van der Waals surface area contributed by atoms with Crippen molar-refractivity contribution in [3.63, 3.8) is 0 Å². The Bertz CT molecular complexity index is 760. The van der Waals surface area contributed by atoms with Crippen molar-refractivity contribution in [3.05, 3.63) is 60.2 Å². The van der Waals surface area contributed by atoms with Crippen LogP contribution >= 0.6 is 0 Å². The maximum absolute atomic E-state index is 6.17. The smallest absolute Gasteiger partial charge is 0.160 e. The van der Waals surface area contributed by atoms with Crippen LogP contribution in [-0.4, -0.2) is 9.66 Å². The van der Waals surface area contributed by atoms with Crippen LogP contribution in [0.4, 0.5) is 5.82 Å². The summed E-state index contributed by atoms with van der Waals surface area (Å²) < 4.78 is 1.46. The second-order valence-corrected chi connectivity index (χ2v) is 4.92. The Morgan fingerprint density at radius 1 is 1.00 bits per heavy atom. The van der Waals surface area contributed by atoms with Gasteiger partial charge in [-0.1, -0.05) is 61.5 Å². The van der Waals surface area contributed by atoms with Crippen molar-refractivity contribution in [1.82, 2.24) is 9.66 Å². The average Bonchev–Trinajstić information content (AvgIpc) is 2.84. The molecule has 0 aliphatic heterocycles. The van der Waals surface area contributed by atoms with Crippen molar-refractivity contribution in [3.8, 4) is 22.6 Å². The summed E-state index contributed by atoms with van der Waals surface area (Å²) in [5.41, 5.74) is 10.1. The number of aromatic nitrogens is 2. The first-order chi connectivity index (χ1) is 10.2. The molecule has 1 heterocycles. The molecule has 0 aliphatic carbocycles. The molecule has 4 nitrogen and oxygen atoms in total. The van der Waals surface area contributed by atoms with Crippen LogP contribution in [0.5, 0.6) is 0 Å². The van der Waals surface area contributed by atoms with Crippen molar-refractivity contribution < 1.29 is 0 Å². The number of hydrogen-bond acceptors (Lipinski definition) is 3. The highest BCUT2D eigenvalue weighted by molar-refractivity contribution is 5.77. The third kappa shape index (κ3) is 2.25. The molecule has 0 fully saturated rings. The van der Waals surface area contributed by atoms with Gasteiger partial charge in [0.25, 0.3) is 0 Å². The molecule has 0 unspecified atom stereocenters. The minimum atomic E-state index is 0.481. The molecule has 0 saturated heterocycles. The molecular formula is C17H18N4. The van der Waals surface area contributed by atoms with Gasteiger partial charge in [-0.3, -0.25) is 0 Å². The molecule has 0 bridgehead atoms. The highest BCUT2D eigenvalue weighted by Crippen LogP contribution is 2.31. The monoisotopic (exact) mass is 278 g/mol. The first-order valence-corrected chi connectivity index (χ1v) is 6.99. The SMILES string of the molecule is CCc1ccccc1-c1nc(-c2ccccc2)n(N)c1N. The van der Waals surface area contributed by atoms with Crippen molar-refractivity contribution >= 4 is 5.82 Å². The number of anilines is 1. The lowest BCUT2D eigenvalue weighted by Gasteiger charge is -2.05. The summed E-state index contributed by atoms with van der Waals surface area (Å²) in [6, 6.07) is 18.0. The number of benzene rings is 2. The van der Waals surface area contributed by atoms with Gasteiger partial charge in [0.15, 0.2) is 11.6 Å².